The second-order valence-corrected chi connectivity index (χ2v) is 10.4. The van der Waals surface area contributed by atoms with Crippen molar-refractivity contribution in [3.63, 3.8) is 0 Å². The molecule has 2 aliphatic rings. The number of amides is 1. The summed E-state index contributed by atoms with van der Waals surface area (Å²) in [6, 6.07) is 12.4. The van der Waals surface area contributed by atoms with E-state index in [0.717, 1.165) is 21.6 Å². The monoisotopic (exact) mass is 479 g/mol. The fourth-order valence-corrected chi connectivity index (χ4v) is 4.48. The van der Waals surface area contributed by atoms with Gasteiger partial charge in [0.05, 0.1) is 11.9 Å². The van der Waals surface area contributed by atoms with Gasteiger partial charge in [-0.3, -0.25) is 4.90 Å². The summed E-state index contributed by atoms with van der Waals surface area (Å²) in [7, 11) is 0. The zero-order valence-corrected chi connectivity index (χ0v) is 19.6. The lowest BCUT2D eigenvalue weighted by atomic mass is 10.1. The Kier molecular flexibility index (Phi) is 4.93. The van der Waals surface area contributed by atoms with E-state index in [0.29, 0.717) is 12.5 Å². The van der Waals surface area contributed by atoms with Crippen molar-refractivity contribution >= 4 is 32.8 Å². The number of rotatable bonds is 3. The Morgan fingerprint density at radius 2 is 1.90 bits per heavy atom. The average molecular weight is 480 g/mol. The minimum Gasteiger partial charge on any atom is -0.444 e. The summed E-state index contributed by atoms with van der Waals surface area (Å²) in [6.45, 7) is 6.31. The average Bonchev–Trinajstić information content (AvgIpc) is 3.26. The number of carbonyl (C=O) groups excluding carboxylic acids is 1. The topological polar surface area (TPSA) is 58.2 Å². The van der Waals surface area contributed by atoms with Gasteiger partial charge in [-0.2, -0.15) is 0 Å². The fourth-order valence-electron chi connectivity index (χ4n) is 4.10. The van der Waals surface area contributed by atoms with E-state index in [2.05, 4.69) is 62.3 Å². The Labute approximate surface area is 190 Å². The Hall–Kier alpha value is -2.60. The molecular formula is C25H26BrN3O2. The largest absolute Gasteiger partial charge is 0.444 e. The molecule has 5 rings (SSSR count). The summed E-state index contributed by atoms with van der Waals surface area (Å²) < 4.78 is 6.75. The quantitative estimate of drug-likeness (QED) is 0.429. The van der Waals surface area contributed by atoms with E-state index in [4.69, 9.17) is 4.74 Å². The third kappa shape index (κ3) is 4.26. The van der Waals surface area contributed by atoms with Crippen LogP contribution in [0, 0.1) is 5.92 Å². The van der Waals surface area contributed by atoms with E-state index in [1.165, 1.54) is 29.2 Å². The van der Waals surface area contributed by atoms with Gasteiger partial charge in [-0.15, -0.1) is 0 Å². The zero-order chi connectivity index (χ0) is 21.8. The molecule has 2 aromatic carbocycles. The highest BCUT2D eigenvalue weighted by Gasteiger charge is 2.39. The summed E-state index contributed by atoms with van der Waals surface area (Å²) >= 11 is 3.53. The molecule has 6 heteroatoms. The van der Waals surface area contributed by atoms with Gasteiger partial charge in [0.25, 0.3) is 0 Å². The number of nitrogens with one attached hydrogen (secondary N) is 1. The predicted molar refractivity (Wildman–Crippen MR) is 126 cm³/mol. The van der Waals surface area contributed by atoms with Gasteiger partial charge in [0.2, 0.25) is 0 Å². The summed E-state index contributed by atoms with van der Waals surface area (Å²) in [4.78, 5) is 22.8. The first-order chi connectivity index (χ1) is 14.8. The van der Waals surface area contributed by atoms with Gasteiger partial charge in [0.1, 0.15) is 17.5 Å². The highest BCUT2D eigenvalue weighted by Crippen LogP contribution is 2.43. The first-order valence-electron chi connectivity index (χ1n) is 10.7. The van der Waals surface area contributed by atoms with Crippen LogP contribution in [0.15, 0.2) is 58.7 Å². The van der Waals surface area contributed by atoms with E-state index in [1.54, 1.807) is 4.90 Å². The fraction of sp³-hybridized carbons (Fsp3) is 0.360. The number of hydrogen-bond acceptors (Lipinski definition) is 3. The zero-order valence-electron chi connectivity index (χ0n) is 18.0. The molecule has 1 amide bonds. The van der Waals surface area contributed by atoms with E-state index in [9.17, 15) is 4.79 Å². The minimum absolute atomic E-state index is 0.226. The molecule has 1 aliphatic carbocycles. The van der Waals surface area contributed by atoms with Gasteiger partial charge in [-0.05, 0) is 74.1 Å². The first-order valence-corrected chi connectivity index (χ1v) is 11.5. The van der Waals surface area contributed by atoms with Crippen molar-refractivity contribution in [3.8, 4) is 11.3 Å². The lowest BCUT2D eigenvalue weighted by Gasteiger charge is -2.28. The first kappa shape index (κ1) is 20.3. The SMILES string of the molecule is CC(C)(C)OC(=O)N1CC(C2CC2)=C[C@H]1c1ncc(-c2ccc3cc(Br)ccc3c2)[nH]1. The number of imidazole rings is 1. The normalized spacial score (nSPS) is 19.0. The Balaban J connectivity index is 1.45. The van der Waals surface area contributed by atoms with Crippen LogP contribution in [0.2, 0.25) is 0 Å². The van der Waals surface area contributed by atoms with Crippen LogP contribution in [0.4, 0.5) is 4.79 Å². The molecule has 3 aromatic rings. The molecule has 1 atom stereocenters. The van der Waals surface area contributed by atoms with Crippen LogP contribution in [-0.4, -0.2) is 33.1 Å². The maximum Gasteiger partial charge on any atom is 0.411 e. The molecular weight excluding hydrogens is 454 g/mol. The summed E-state index contributed by atoms with van der Waals surface area (Å²) in [5, 5.41) is 2.35. The second-order valence-electron chi connectivity index (χ2n) is 9.46. The number of H-pyrrole nitrogens is 1. The predicted octanol–water partition coefficient (Wildman–Crippen LogP) is 6.62. The van der Waals surface area contributed by atoms with Crippen LogP contribution >= 0.6 is 15.9 Å². The van der Waals surface area contributed by atoms with Crippen molar-refractivity contribution < 1.29 is 9.53 Å². The second kappa shape index (κ2) is 7.52. The van der Waals surface area contributed by atoms with E-state index in [-0.39, 0.29) is 12.1 Å². The molecule has 1 fully saturated rings. The minimum atomic E-state index is -0.529. The molecule has 0 unspecified atom stereocenters. The number of carbonyl (C=O) groups is 1. The maximum absolute atomic E-state index is 12.9. The summed E-state index contributed by atoms with van der Waals surface area (Å²) in [5.41, 5.74) is 2.81. The molecule has 0 saturated heterocycles. The van der Waals surface area contributed by atoms with Crippen LogP contribution in [-0.2, 0) is 4.74 Å². The smallest absolute Gasteiger partial charge is 0.411 e. The van der Waals surface area contributed by atoms with Gasteiger partial charge < -0.3 is 9.72 Å². The number of aromatic amines is 1. The number of fused-ring (bicyclic) bond motifs is 1. The van der Waals surface area contributed by atoms with Crippen LogP contribution in [0.25, 0.3) is 22.0 Å². The molecule has 0 bridgehead atoms. The van der Waals surface area contributed by atoms with Crippen molar-refractivity contribution in [3.05, 3.63) is 64.5 Å². The molecule has 0 radical (unpaired) electrons. The van der Waals surface area contributed by atoms with Crippen molar-refractivity contribution in [1.82, 2.24) is 14.9 Å². The molecule has 1 N–H and O–H groups in total. The molecule has 1 aliphatic heterocycles. The summed E-state index contributed by atoms with van der Waals surface area (Å²) in [5.74, 6) is 1.37. The number of hydrogen-bond donors (Lipinski definition) is 1. The van der Waals surface area contributed by atoms with Crippen LogP contribution in [0.3, 0.4) is 0 Å². The third-order valence-electron chi connectivity index (χ3n) is 5.78. The number of ether oxygens (including phenoxy) is 1. The van der Waals surface area contributed by atoms with Gasteiger partial charge in [-0.1, -0.05) is 40.2 Å². The highest BCUT2D eigenvalue weighted by atomic mass is 79.9. The molecule has 2 heterocycles. The van der Waals surface area contributed by atoms with Crippen LogP contribution in [0.5, 0.6) is 0 Å². The standard InChI is InChI=1S/C25H26BrN3O2/c1-25(2,3)31-24(30)29-14-19(15-4-5-15)12-22(29)23-27-13-21(28-23)18-7-6-17-11-20(26)9-8-16(17)10-18/h6-13,15,22H,4-5,14H2,1-3H3,(H,27,28)/t22-/m0/s1. The maximum atomic E-state index is 12.9. The van der Waals surface area contributed by atoms with E-state index >= 15 is 0 Å². The molecule has 1 saturated carbocycles. The Bertz CT molecular complexity index is 1190. The lowest BCUT2D eigenvalue weighted by molar-refractivity contribution is 0.0231. The number of aromatic nitrogens is 2. The highest BCUT2D eigenvalue weighted by molar-refractivity contribution is 9.10. The van der Waals surface area contributed by atoms with Crippen molar-refractivity contribution in [2.45, 2.75) is 45.3 Å². The van der Waals surface area contributed by atoms with Crippen molar-refractivity contribution in [2.75, 3.05) is 6.54 Å². The van der Waals surface area contributed by atoms with Crippen molar-refractivity contribution in [1.29, 1.82) is 0 Å². The van der Waals surface area contributed by atoms with Gasteiger partial charge in [0, 0.05) is 16.6 Å². The van der Waals surface area contributed by atoms with Crippen LogP contribution in [0.1, 0.15) is 45.5 Å². The number of halogens is 1. The molecule has 1 aromatic heterocycles. The van der Waals surface area contributed by atoms with Crippen LogP contribution < -0.4 is 0 Å². The number of nitrogens with zero attached hydrogens (tertiary/aromatic N) is 2. The molecule has 160 valence electrons. The Morgan fingerprint density at radius 1 is 1.16 bits per heavy atom. The third-order valence-corrected chi connectivity index (χ3v) is 6.27. The van der Waals surface area contributed by atoms with E-state index in [1.807, 2.05) is 33.0 Å². The number of benzene rings is 2. The Morgan fingerprint density at radius 3 is 2.65 bits per heavy atom. The summed E-state index contributed by atoms with van der Waals surface area (Å²) in [6.07, 6.45) is 6.17. The van der Waals surface area contributed by atoms with E-state index < -0.39 is 5.60 Å². The van der Waals surface area contributed by atoms with Gasteiger partial charge >= 0.3 is 6.09 Å². The molecule has 5 nitrogen and oxygen atoms in total. The van der Waals surface area contributed by atoms with Crippen molar-refractivity contribution in [2.24, 2.45) is 5.92 Å². The van der Waals surface area contributed by atoms with Gasteiger partial charge in [-0.25, -0.2) is 9.78 Å². The molecule has 31 heavy (non-hydrogen) atoms. The van der Waals surface area contributed by atoms with Gasteiger partial charge in [0.15, 0.2) is 0 Å². The lowest BCUT2D eigenvalue weighted by Crippen LogP contribution is -2.37. The molecule has 0 spiro atoms.